The van der Waals surface area contributed by atoms with Crippen LogP contribution in [0.15, 0.2) is 113 Å². The third-order valence-electron chi connectivity index (χ3n) is 6.10. The van der Waals surface area contributed by atoms with Gasteiger partial charge in [0.05, 0.1) is 28.6 Å². The maximum atomic E-state index is 13.4. The lowest BCUT2D eigenvalue weighted by Gasteiger charge is -2.11. The number of carbonyl (C=O) groups is 1. The van der Waals surface area contributed by atoms with E-state index in [0.717, 1.165) is 5.56 Å². The number of esters is 1. The zero-order chi connectivity index (χ0) is 29.5. The Morgan fingerprint density at radius 3 is 2.40 bits per heavy atom. The number of non-ortho nitro benzene ring substituents is 1. The van der Waals surface area contributed by atoms with Crippen molar-refractivity contribution >= 4 is 34.9 Å². The predicted molar refractivity (Wildman–Crippen MR) is 160 cm³/mol. The number of rotatable bonds is 9. The molecule has 0 aliphatic carbocycles. The highest BCUT2D eigenvalue weighted by molar-refractivity contribution is 5.89. The van der Waals surface area contributed by atoms with Gasteiger partial charge in [-0.05, 0) is 66.6 Å². The summed E-state index contributed by atoms with van der Waals surface area (Å²) in [6.07, 6.45) is 4.22. The van der Waals surface area contributed by atoms with Crippen molar-refractivity contribution in [2.45, 2.75) is 6.92 Å². The van der Waals surface area contributed by atoms with E-state index in [4.69, 9.17) is 14.5 Å². The van der Waals surface area contributed by atoms with Crippen molar-refractivity contribution in [1.29, 1.82) is 0 Å². The first-order valence-electron chi connectivity index (χ1n) is 13.0. The fraction of sp³-hybridized carbons (Fsp3) is 0.0625. The van der Waals surface area contributed by atoms with Crippen molar-refractivity contribution in [1.82, 2.24) is 9.66 Å². The van der Waals surface area contributed by atoms with Gasteiger partial charge in [0.15, 0.2) is 17.3 Å². The Kier molecular flexibility index (Phi) is 8.24. The molecule has 0 radical (unpaired) electrons. The van der Waals surface area contributed by atoms with E-state index in [1.54, 1.807) is 43.3 Å². The molecule has 1 heterocycles. The lowest BCUT2D eigenvalue weighted by atomic mass is 10.2. The molecular formula is C32H24N4O6. The standard InChI is InChI=1S/C32H24N4O6/c1-2-41-29-20-23(14-18-28(29)42-30(37)19-15-22-12-16-25(17-13-22)36(39)40)21-33-35-31(24-8-4-3-5-9-24)34-27-11-7-6-10-26(27)32(35)38/h3-21H,2H2,1H3/b19-15+,33-21?. The Bertz CT molecular complexity index is 1880. The molecule has 208 valence electrons. The van der Waals surface area contributed by atoms with Crippen LogP contribution in [0.3, 0.4) is 0 Å². The minimum Gasteiger partial charge on any atom is -0.490 e. The van der Waals surface area contributed by atoms with Gasteiger partial charge in [-0.1, -0.05) is 42.5 Å². The summed E-state index contributed by atoms with van der Waals surface area (Å²) in [5, 5.41) is 15.7. The molecule has 5 aromatic rings. The minimum atomic E-state index is -0.656. The second-order valence-electron chi connectivity index (χ2n) is 8.92. The topological polar surface area (TPSA) is 126 Å². The van der Waals surface area contributed by atoms with Crippen LogP contribution in [0.25, 0.3) is 28.4 Å². The van der Waals surface area contributed by atoms with E-state index in [2.05, 4.69) is 5.10 Å². The van der Waals surface area contributed by atoms with Crippen molar-refractivity contribution in [3.05, 3.63) is 135 Å². The normalized spacial score (nSPS) is 11.3. The quantitative estimate of drug-likeness (QED) is 0.0551. The SMILES string of the molecule is CCOc1cc(C=Nn2c(-c3ccccc3)nc3ccccc3c2=O)ccc1OC(=O)/C=C/c1ccc([N+](=O)[O-])cc1. The largest absolute Gasteiger partial charge is 0.490 e. The molecule has 10 heteroatoms. The molecule has 0 atom stereocenters. The number of nitrogens with zero attached hydrogens (tertiary/aromatic N) is 4. The van der Waals surface area contributed by atoms with Crippen LogP contribution in [0, 0.1) is 10.1 Å². The van der Waals surface area contributed by atoms with Crippen LogP contribution in [-0.2, 0) is 4.79 Å². The Morgan fingerprint density at radius 2 is 1.67 bits per heavy atom. The van der Waals surface area contributed by atoms with Crippen molar-refractivity contribution in [3.63, 3.8) is 0 Å². The zero-order valence-corrected chi connectivity index (χ0v) is 22.4. The molecule has 42 heavy (non-hydrogen) atoms. The highest BCUT2D eigenvalue weighted by atomic mass is 16.6. The van der Waals surface area contributed by atoms with E-state index in [1.165, 1.54) is 47.3 Å². The van der Waals surface area contributed by atoms with E-state index < -0.39 is 10.9 Å². The van der Waals surface area contributed by atoms with Gasteiger partial charge >= 0.3 is 5.97 Å². The molecule has 0 unspecified atom stereocenters. The average molecular weight is 561 g/mol. The van der Waals surface area contributed by atoms with Crippen molar-refractivity contribution < 1.29 is 19.2 Å². The van der Waals surface area contributed by atoms with Gasteiger partial charge in [0.2, 0.25) is 0 Å². The number of para-hydroxylation sites is 1. The van der Waals surface area contributed by atoms with Crippen LogP contribution >= 0.6 is 0 Å². The Balaban J connectivity index is 1.41. The Labute approximate surface area is 240 Å². The van der Waals surface area contributed by atoms with E-state index >= 15 is 0 Å². The molecule has 0 saturated heterocycles. The fourth-order valence-corrected chi connectivity index (χ4v) is 4.10. The number of fused-ring (bicyclic) bond motifs is 1. The first kappa shape index (κ1) is 27.7. The summed E-state index contributed by atoms with van der Waals surface area (Å²) in [4.78, 5) is 40.9. The van der Waals surface area contributed by atoms with Crippen molar-refractivity contribution in [3.8, 4) is 22.9 Å². The smallest absolute Gasteiger partial charge is 0.336 e. The molecule has 0 saturated carbocycles. The van der Waals surface area contributed by atoms with Crippen LogP contribution in [0.1, 0.15) is 18.1 Å². The third-order valence-corrected chi connectivity index (χ3v) is 6.10. The summed E-state index contributed by atoms with van der Waals surface area (Å²) in [6.45, 7) is 2.11. The van der Waals surface area contributed by atoms with Crippen LogP contribution < -0.4 is 15.0 Å². The summed E-state index contributed by atoms with van der Waals surface area (Å²) >= 11 is 0. The molecule has 0 amide bonds. The van der Waals surface area contributed by atoms with Gasteiger partial charge in [-0.2, -0.15) is 9.78 Å². The predicted octanol–water partition coefficient (Wildman–Crippen LogP) is 5.87. The Morgan fingerprint density at radius 1 is 0.952 bits per heavy atom. The number of benzene rings is 4. The second-order valence-corrected chi connectivity index (χ2v) is 8.92. The van der Waals surface area contributed by atoms with Gasteiger partial charge in [0.1, 0.15) is 0 Å². The lowest BCUT2D eigenvalue weighted by Crippen LogP contribution is -2.20. The summed E-state index contributed by atoms with van der Waals surface area (Å²) in [5.41, 5.74) is 2.14. The van der Waals surface area contributed by atoms with Gasteiger partial charge in [0.25, 0.3) is 11.2 Å². The first-order valence-corrected chi connectivity index (χ1v) is 13.0. The van der Waals surface area contributed by atoms with Crippen LogP contribution in [0.2, 0.25) is 0 Å². The van der Waals surface area contributed by atoms with E-state index in [1.807, 2.05) is 36.4 Å². The summed E-state index contributed by atoms with van der Waals surface area (Å²) < 4.78 is 12.4. The summed E-state index contributed by atoms with van der Waals surface area (Å²) in [5.74, 6) is 0.246. The fourth-order valence-electron chi connectivity index (χ4n) is 4.10. The lowest BCUT2D eigenvalue weighted by molar-refractivity contribution is -0.384. The molecular weight excluding hydrogens is 536 g/mol. The molecule has 5 rings (SSSR count). The second kappa shape index (κ2) is 12.5. The molecule has 10 nitrogen and oxygen atoms in total. The molecule has 0 N–H and O–H groups in total. The zero-order valence-electron chi connectivity index (χ0n) is 22.4. The maximum Gasteiger partial charge on any atom is 0.336 e. The van der Waals surface area contributed by atoms with Crippen LogP contribution in [0.4, 0.5) is 5.69 Å². The Hall–Kier alpha value is -5.90. The van der Waals surface area contributed by atoms with Crippen LogP contribution in [0.5, 0.6) is 11.5 Å². The van der Waals surface area contributed by atoms with Crippen molar-refractivity contribution in [2.24, 2.45) is 5.10 Å². The van der Waals surface area contributed by atoms with Gasteiger partial charge in [0, 0.05) is 23.8 Å². The van der Waals surface area contributed by atoms with E-state index in [9.17, 15) is 19.7 Å². The highest BCUT2D eigenvalue weighted by Gasteiger charge is 2.13. The molecule has 0 fully saturated rings. The molecule has 0 aliphatic rings. The molecule has 1 aromatic heterocycles. The van der Waals surface area contributed by atoms with Crippen molar-refractivity contribution in [2.75, 3.05) is 6.61 Å². The number of aromatic nitrogens is 2. The molecule has 4 aromatic carbocycles. The highest BCUT2D eigenvalue weighted by Crippen LogP contribution is 2.28. The number of ether oxygens (including phenoxy) is 2. The van der Waals surface area contributed by atoms with E-state index in [-0.39, 0.29) is 17.0 Å². The maximum absolute atomic E-state index is 13.4. The molecule has 0 aliphatic heterocycles. The van der Waals surface area contributed by atoms with Crippen LogP contribution in [-0.4, -0.2) is 33.4 Å². The number of hydrogen-bond acceptors (Lipinski definition) is 8. The number of carbonyl (C=O) groups excluding carboxylic acids is 1. The van der Waals surface area contributed by atoms with Gasteiger partial charge < -0.3 is 9.47 Å². The number of hydrogen-bond donors (Lipinski definition) is 0. The van der Waals surface area contributed by atoms with Gasteiger partial charge in [-0.3, -0.25) is 14.9 Å². The first-order chi connectivity index (χ1) is 20.4. The third kappa shape index (κ3) is 6.28. The molecule has 0 spiro atoms. The summed E-state index contributed by atoms with van der Waals surface area (Å²) in [7, 11) is 0. The minimum absolute atomic E-state index is 0.0437. The molecule has 0 bridgehead atoms. The monoisotopic (exact) mass is 560 g/mol. The number of nitro groups is 1. The summed E-state index contributed by atoms with van der Waals surface area (Å²) in [6, 6.07) is 27.1. The van der Waals surface area contributed by atoms with E-state index in [0.29, 0.717) is 40.2 Å². The number of nitro benzene ring substituents is 1. The van der Waals surface area contributed by atoms with Gasteiger partial charge in [-0.25, -0.2) is 9.78 Å². The average Bonchev–Trinajstić information content (AvgIpc) is 3.01. The van der Waals surface area contributed by atoms with Gasteiger partial charge in [-0.15, -0.1) is 0 Å².